The molecule has 0 saturated heterocycles. The predicted octanol–water partition coefficient (Wildman–Crippen LogP) is 4.46. The van der Waals surface area contributed by atoms with Gasteiger partial charge in [-0.2, -0.15) is 0 Å². The lowest BCUT2D eigenvalue weighted by Crippen LogP contribution is -2.16. The molecule has 7 heteroatoms. The summed E-state index contributed by atoms with van der Waals surface area (Å²) in [6, 6.07) is 20.3. The molecular weight excluding hydrogens is 400 g/mol. The minimum atomic E-state index is -3.78. The molecule has 0 aromatic heterocycles. The molecule has 0 heterocycles. The average Bonchev–Trinajstić information content (AvgIpc) is 2.74. The summed E-state index contributed by atoms with van der Waals surface area (Å²) in [5, 5.41) is 2.71. The maximum atomic E-state index is 12.6. The number of para-hydroxylation sites is 2. The molecule has 0 bridgehead atoms. The number of carbonyl (C=O) groups is 1. The first-order valence-electron chi connectivity index (χ1n) is 9.19. The van der Waals surface area contributed by atoms with E-state index in [1.165, 1.54) is 18.2 Å². The Hall–Kier alpha value is -3.58. The highest BCUT2D eigenvalue weighted by Crippen LogP contribution is 2.25. The lowest BCUT2D eigenvalue weighted by molar-refractivity contribution is -0.111. The molecule has 0 fully saturated rings. The number of methoxy groups -OCH3 is 1. The molecule has 0 saturated carbocycles. The third-order valence-electron chi connectivity index (χ3n) is 4.28. The molecule has 0 radical (unpaired) electrons. The first kappa shape index (κ1) is 21.1. The van der Waals surface area contributed by atoms with Crippen molar-refractivity contribution in [2.75, 3.05) is 17.1 Å². The van der Waals surface area contributed by atoms with Gasteiger partial charge < -0.3 is 10.1 Å². The van der Waals surface area contributed by atoms with Crippen molar-refractivity contribution >= 4 is 33.4 Å². The fourth-order valence-electron chi connectivity index (χ4n) is 2.81. The molecule has 3 aromatic carbocycles. The van der Waals surface area contributed by atoms with E-state index in [9.17, 15) is 13.2 Å². The van der Waals surface area contributed by atoms with Crippen molar-refractivity contribution in [1.29, 1.82) is 0 Å². The summed E-state index contributed by atoms with van der Waals surface area (Å²) in [5.41, 5.74) is 2.43. The van der Waals surface area contributed by atoms with E-state index in [1.54, 1.807) is 55.7 Å². The minimum absolute atomic E-state index is 0.137. The summed E-state index contributed by atoms with van der Waals surface area (Å²) >= 11 is 0. The van der Waals surface area contributed by atoms with Gasteiger partial charge in [-0.3, -0.25) is 9.52 Å². The van der Waals surface area contributed by atoms with Gasteiger partial charge in [0, 0.05) is 11.6 Å². The molecule has 0 aliphatic carbocycles. The molecule has 2 N–H and O–H groups in total. The molecule has 3 aromatic rings. The van der Waals surface area contributed by atoms with Gasteiger partial charge in [0.15, 0.2) is 0 Å². The Morgan fingerprint density at radius 2 is 1.60 bits per heavy atom. The van der Waals surface area contributed by atoms with Crippen LogP contribution in [0.5, 0.6) is 5.75 Å². The van der Waals surface area contributed by atoms with E-state index >= 15 is 0 Å². The normalized spacial score (nSPS) is 11.3. The SMILES string of the molecule is COc1ccc(C)cc1/C=C/C(=O)Nc1ccccc1NS(=O)(=O)c1ccccc1. The summed E-state index contributed by atoms with van der Waals surface area (Å²) in [6.07, 6.45) is 3.03. The third-order valence-corrected chi connectivity index (χ3v) is 5.66. The number of sulfonamides is 1. The molecule has 0 aliphatic rings. The number of rotatable bonds is 7. The maximum absolute atomic E-state index is 12.6. The monoisotopic (exact) mass is 422 g/mol. The first-order valence-corrected chi connectivity index (χ1v) is 10.7. The Morgan fingerprint density at radius 1 is 0.933 bits per heavy atom. The van der Waals surface area contributed by atoms with E-state index in [4.69, 9.17) is 4.74 Å². The van der Waals surface area contributed by atoms with Crippen LogP contribution in [0.1, 0.15) is 11.1 Å². The number of ether oxygens (including phenoxy) is 1. The van der Waals surface area contributed by atoms with Crippen molar-refractivity contribution in [2.24, 2.45) is 0 Å². The summed E-state index contributed by atoms with van der Waals surface area (Å²) in [4.78, 5) is 12.6. The fourth-order valence-corrected chi connectivity index (χ4v) is 3.91. The molecule has 6 nitrogen and oxygen atoms in total. The molecule has 154 valence electrons. The Labute approximate surface area is 176 Å². The fraction of sp³-hybridized carbons (Fsp3) is 0.0870. The molecule has 0 spiro atoms. The molecule has 3 rings (SSSR count). The van der Waals surface area contributed by atoms with E-state index in [0.717, 1.165) is 11.1 Å². The first-order chi connectivity index (χ1) is 14.4. The van der Waals surface area contributed by atoms with Gasteiger partial charge in [0.05, 0.1) is 23.4 Å². The van der Waals surface area contributed by atoms with E-state index in [2.05, 4.69) is 10.0 Å². The van der Waals surface area contributed by atoms with Gasteiger partial charge in [-0.1, -0.05) is 42.0 Å². The predicted molar refractivity (Wildman–Crippen MR) is 119 cm³/mol. The average molecular weight is 423 g/mol. The summed E-state index contributed by atoms with van der Waals surface area (Å²) < 4.78 is 33.0. The largest absolute Gasteiger partial charge is 0.496 e. The van der Waals surface area contributed by atoms with E-state index in [1.807, 2.05) is 25.1 Å². The van der Waals surface area contributed by atoms with Crippen LogP contribution < -0.4 is 14.8 Å². The van der Waals surface area contributed by atoms with Gasteiger partial charge in [-0.05, 0) is 49.4 Å². The lowest BCUT2D eigenvalue weighted by atomic mass is 10.1. The zero-order valence-electron chi connectivity index (χ0n) is 16.6. The summed E-state index contributed by atoms with van der Waals surface area (Å²) in [6.45, 7) is 1.95. The molecule has 0 aliphatic heterocycles. The zero-order chi connectivity index (χ0) is 21.6. The van der Waals surface area contributed by atoms with Crippen molar-refractivity contribution < 1.29 is 17.9 Å². The zero-order valence-corrected chi connectivity index (χ0v) is 17.4. The highest BCUT2D eigenvalue weighted by atomic mass is 32.2. The van der Waals surface area contributed by atoms with Gasteiger partial charge in [-0.15, -0.1) is 0 Å². The Morgan fingerprint density at radius 3 is 2.30 bits per heavy atom. The Bertz CT molecular complexity index is 1170. The Balaban J connectivity index is 1.78. The van der Waals surface area contributed by atoms with Gasteiger partial charge in [-0.25, -0.2) is 8.42 Å². The standard InChI is InChI=1S/C23H22N2O4S/c1-17-12-14-22(29-2)18(16-17)13-15-23(26)24-20-10-6-7-11-21(20)25-30(27,28)19-8-4-3-5-9-19/h3-16,25H,1-2H3,(H,24,26)/b15-13+. The minimum Gasteiger partial charge on any atom is -0.496 e. The third kappa shape index (κ3) is 5.27. The van der Waals surface area contributed by atoms with Crippen LogP contribution in [0.4, 0.5) is 11.4 Å². The number of nitrogens with one attached hydrogen (secondary N) is 2. The van der Waals surface area contributed by atoms with Crippen molar-refractivity contribution in [3.63, 3.8) is 0 Å². The highest BCUT2D eigenvalue weighted by Gasteiger charge is 2.16. The maximum Gasteiger partial charge on any atom is 0.261 e. The number of benzene rings is 3. The second-order valence-electron chi connectivity index (χ2n) is 6.53. The van der Waals surface area contributed by atoms with Gasteiger partial charge in [0.25, 0.3) is 10.0 Å². The van der Waals surface area contributed by atoms with Gasteiger partial charge in [0.2, 0.25) is 5.91 Å². The lowest BCUT2D eigenvalue weighted by Gasteiger charge is -2.13. The topological polar surface area (TPSA) is 84.5 Å². The van der Waals surface area contributed by atoms with E-state index in [0.29, 0.717) is 11.4 Å². The number of anilines is 2. The van der Waals surface area contributed by atoms with Crippen LogP contribution in [-0.4, -0.2) is 21.4 Å². The van der Waals surface area contributed by atoms with Crippen LogP contribution in [0.25, 0.3) is 6.08 Å². The molecule has 0 atom stereocenters. The van der Waals surface area contributed by atoms with E-state index < -0.39 is 15.9 Å². The molecular formula is C23H22N2O4S. The van der Waals surface area contributed by atoms with Crippen LogP contribution >= 0.6 is 0 Å². The summed E-state index contributed by atoms with van der Waals surface area (Å²) in [5.74, 6) is 0.255. The van der Waals surface area contributed by atoms with Crippen LogP contribution in [0.3, 0.4) is 0 Å². The number of hydrogen-bond donors (Lipinski definition) is 2. The van der Waals surface area contributed by atoms with Gasteiger partial charge >= 0.3 is 0 Å². The Kier molecular flexibility index (Phi) is 6.54. The van der Waals surface area contributed by atoms with Crippen LogP contribution in [0.15, 0.2) is 83.8 Å². The number of amides is 1. The van der Waals surface area contributed by atoms with Crippen LogP contribution in [0.2, 0.25) is 0 Å². The van der Waals surface area contributed by atoms with Crippen LogP contribution in [0, 0.1) is 6.92 Å². The molecule has 1 amide bonds. The van der Waals surface area contributed by atoms with E-state index in [-0.39, 0.29) is 10.6 Å². The smallest absolute Gasteiger partial charge is 0.261 e. The molecule has 30 heavy (non-hydrogen) atoms. The van der Waals surface area contributed by atoms with Crippen molar-refractivity contribution in [1.82, 2.24) is 0 Å². The second-order valence-corrected chi connectivity index (χ2v) is 8.21. The van der Waals surface area contributed by atoms with Gasteiger partial charge in [0.1, 0.15) is 5.75 Å². The van der Waals surface area contributed by atoms with Crippen molar-refractivity contribution in [2.45, 2.75) is 11.8 Å². The number of aryl methyl sites for hydroxylation is 1. The summed E-state index contributed by atoms with van der Waals surface area (Å²) in [7, 11) is -2.21. The van der Waals surface area contributed by atoms with Crippen molar-refractivity contribution in [3.05, 3.63) is 90.0 Å². The highest BCUT2D eigenvalue weighted by molar-refractivity contribution is 7.92. The second kappa shape index (κ2) is 9.28. The quantitative estimate of drug-likeness (QED) is 0.551. The van der Waals surface area contributed by atoms with Crippen LogP contribution in [-0.2, 0) is 14.8 Å². The number of hydrogen-bond acceptors (Lipinski definition) is 4. The van der Waals surface area contributed by atoms with Crippen molar-refractivity contribution in [3.8, 4) is 5.75 Å². The molecule has 0 unspecified atom stereocenters. The number of carbonyl (C=O) groups excluding carboxylic acids is 1.